The van der Waals surface area contributed by atoms with Gasteiger partial charge in [0.2, 0.25) is 5.91 Å². The van der Waals surface area contributed by atoms with Crippen LogP contribution in [0.1, 0.15) is 51.0 Å². The van der Waals surface area contributed by atoms with Gasteiger partial charge >= 0.3 is 0 Å². The summed E-state index contributed by atoms with van der Waals surface area (Å²) in [5, 5.41) is 3.15. The van der Waals surface area contributed by atoms with Gasteiger partial charge in [0.1, 0.15) is 0 Å². The highest BCUT2D eigenvalue weighted by Crippen LogP contribution is 2.28. The SMILES string of the molecule is CCC(C)C(C(=O)NCC1CCCC1N)c1ccccc1. The van der Waals surface area contributed by atoms with E-state index in [-0.39, 0.29) is 17.9 Å². The summed E-state index contributed by atoms with van der Waals surface area (Å²) < 4.78 is 0. The third-order valence-corrected chi connectivity index (χ3v) is 4.91. The number of rotatable bonds is 6. The van der Waals surface area contributed by atoms with E-state index in [0.717, 1.165) is 31.4 Å². The molecule has 21 heavy (non-hydrogen) atoms. The number of amides is 1. The number of carbonyl (C=O) groups is 1. The van der Waals surface area contributed by atoms with E-state index in [1.165, 1.54) is 6.42 Å². The topological polar surface area (TPSA) is 55.1 Å². The van der Waals surface area contributed by atoms with Gasteiger partial charge in [0, 0.05) is 12.6 Å². The van der Waals surface area contributed by atoms with Crippen molar-refractivity contribution in [1.29, 1.82) is 0 Å². The first-order chi connectivity index (χ1) is 10.1. The van der Waals surface area contributed by atoms with Crippen molar-refractivity contribution in [3.63, 3.8) is 0 Å². The van der Waals surface area contributed by atoms with Crippen molar-refractivity contribution in [2.75, 3.05) is 6.54 Å². The maximum atomic E-state index is 12.7. The van der Waals surface area contributed by atoms with Crippen LogP contribution in [0.5, 0.6) is 0 Å². The molecule has 3 N–H and O–H groups in total. The van der Waals surface area contributed by atoms with E-state index in [1.54, 1.807) is 0 Å². The summed E-state index contributed by atoms with van der Waals surface area (Å²) in [6.07, 6.45) is 4.42. The van der Waals surface area contributed by atoms with Crippen LogP contribution in [0, 0.1) is 11.8 Å². The number of hydrogen-bond acceptors (Lipinski definition) is 2. The van der Waals surface area contributed by atoms with Gasteiger partial charge in [-0.2, -0.15) is 0 Å². The van der Waals surface area contributed by atoms with Crippen molar-refractivity contribution in [3.8, 4) is 0 Å². The molecule has 1 aliphatic rings. The molecule has 0 heterocycles. The van der Waals surface area contributed by atoms with Crippen LogP contribution in [0.2, 0.25) is 0 Å². The third kappa shape index (κ3) is 4.07. The number of hydrogen-bond donors (Lipinski definition) is 2. The predicted octanol–water partition coefficient (Wildman–Crippen LogP) is 3.06. The van der Waals surface area contributed by atoms with Crippen LogP contribution in [-0.4, -0.2) is 18.5 Å². The van der Waals surface area contributed by atoms with Gasteiger partial charge in [-0.25, -0.2) is 0 Å². The van der Waals surface area contributed by atoms with Gasteiger partial charge in [-0.1, -0.05) is 57.0 Å². The molecule has 0 bridgehead atoms. The molecule has 1 aliphatic carbocycles. The van der Waals surface area contributed by atoms with Gasteiger partial charge in [-0.05, 0) is 30.2 Å². The van der Waals surface area contributed by atoms with Gasteiger partial charge in [-0.3, -0.25) is 4.79 Å². The first-order valence-electron chi connectivity index (χ1n) is 8.21. The minimum absolute atomic E-state index is 0.0613. The van der Waals surface area contributed by atoms with Crippen molar-refractivity contribution in [2.45, 2.75) is 51.5 Å². The Bertz CT molecular complexity index is 446. The normalized spacial score (nSPS) is 24.5. The number of nitrogens with one attached hydrogen (secondary N) is 1. The van der Waals surface area contributed by atoms with E-state index in [1.807, 2.05) is 18.2 Å². The average Bonchev–Trinajstić information content (AvgIpc) is 2.91. The molecule has 0 spiro atoms. The fourth-order valence-corrected chi connectivity index (χ4v) is 3.29. The molecule has 1 saturated carbocycles. The van der Waals surface area contributed by atoms with Gasteiger partial charge in [-0.15, -0.1) is 0 Å². The second kappa shape index (κ2) is 7.60. The number of nitrogens with two attached hydrogens (primary N) is 1. The lowest BCUT2D eigenvalue weighted by Gasteiger charge is -2.24. The highest BCUT2D eigenvalue weighted by molar-refractivity contribution is 5.83. The monoisotopic (exact) mass is 288 g/mol. The van der Waals surface area contributed by atoms with E-state index in [2.05, 4.69) is 31.3 Å². The fourth-order valence-electron chi connectivity index (χ4n) is 3.29. The summed E-state index contributed by atoms with van der Waals surface area (Å²) in [4.78, 5) is 12.7. The Hall–Kier alpha value is -1.35. The first-order valence-corrected chi connectivity index (χ1v) is 8.21. The van der Waals surface area contributed by atoms with Crippen molar-refractivity contribution < 1.29 is 4.79 Å². The Morgan fingerprint density at radius 1 is 1.33 bits per heavy atom. The molecule has 1 fully saturated rings. The van der Waals surface area contributed by atoms with Crippen molar-refractivity contribution in [3.05, 3.63) is 35.9 Å². The van der Waals surface area contributed by atoms with Crippen LogP contribution < -0.4 is 11.1 Å². The van der Waals surface area contributed by atoms with E-state index < -0.39 is 0 Å². The molecule has 4 atom stereocenters. The maximum Gasteiger partial charge on any atom is 0.227 e. The van der Waals surface area contributed by atoms with Crippen LogP contribution in [0.15, 0.2) is 30.3 Å². The maximum absolute atomic E-state index is 12.7. The van der Waals surface area contributed by atoms with Gasteiger partial charge in [0.05, 0.1) is 5.92 Å². The molecule has 116 valence electrons. The summed E-state index contributed by atoms with van der Waals surface area (Å²) in [5.74, 6) is 0.871. The minimum atomic E-state index is -0.0613. The molecule has 2 rings (SSSR count). The largest absolute Gasteiger partial charge is 0.355 e. The standard InChI is InChI=1S/C18H28N2O/c1-3-13(2)17(14-8-5-4-6-9-14)18(21)20-12-15-10-7-11-16(15)19/h4-6,8-9,13,15-17H,3,7,10-12,19H2,1-2H3,(H,20,21). The predicted molar refractivity (Wildman–Crippen MR) is 87.0 cm³/mol. The summed E-state index contributed by atoms with van der Waals surface area (Å²) in [5.41, 5.74) is 7.20. The Balaban J connectivity index is 2.01. The lowest BCUT2D eigenvalue weighted by Crippen LogP contribution is -2.39. The summed E-state index contributed by atoms with van der Waals surface area (Å²) >= 11 is 0. The number of carbonyl (C=O) groups excluding carboxylic acids is 1. The lowest BCUT2D eigenvalue weighted by atomic mass is 9.84. The molecule has 0 saturated heterocycles. The summed E-state index contributed by atoms with van der Waals surface area (Å²) in [6, 6.07) is 10.4. The van der Waals surface area contributed by atoms with Gasteiger partial charge in [0.25, 0.3) is 0 Å². The van der Waals surface area contributed by atoms with Crippen molar-refractivity contribution >= 4 is 5.91 Å². The Labute approximate surface area is 128 Å². The van der Waals surface area contributed by atoms with E-state index in [0.29, 0.717) is 11.8 Å². The quantitative estimate of drug-likeness (QED) is 0.845. The third-order valence-electron chi connectivity index (χ3n) is 4.91. The van der Waals surface area contributed by atoms with E-state index in [9.17, 15) is 4.79 Å². The molecule has 0 radical (unpaired) electrons. The molecule has 3 heteroatoms. The van der Waals surface area contributed by atoms with Crippen LogP contribution in [0.25, 0.3) is 0 Å². The van der Waals surface area contributed by atoms with Crippen LogP contribution in [0.4, 0.5) is 0 Å². The average molecular weight is 288 g/mol. The zero-order valence-corrected chi connectivity index (χ0v) is 13.2. The second-order valence-corrected chi connectivity index (χ2v) is 6.37. The lowest BCUT2D eigenvalue weighted by molar-refractivity contribution is -0.123. The first kappa shape index (κ1) is 16.0. The fraction of sp³-hybridized carbons (Fsp3) is 0.611. The Morgan fingerprint density at radius 3 is 2.62 bits per heavy atom. The van der Waals surface area contributed by atoms with Gasteiger partial charge in [0.15, 0.2) is 0 Å². The van der Waals surface area contributed by atoms with E-state index in [4.69, 9.17) is 5.73 Å². The second-order valence-electron chi connectivity index (χ2n) is 6.37. The smallest absolute Gasteiger partial charge is 0.227 e. The molecule has 0 aromatic heterocycles. The molecule has 4 unspecified atom stereocenters. The Morgan fingerprint density at radius 2 is 2.05 bits per heavy atom. The number of benzene rings is 1. The zero-order valence-electron chi connectivity index (χ0n) is 13.2. The molecule has 1 aromatic carbocycles. The van der Waals surface area contributed by atoms with Crippen LogP contribution >= 0.6 is 0 Å². The minimum Gasteiger partial charge on any atom is -0.355 e. The van der Waals surface area contributed by atoms with Crippen LogP contribution in [0.3, 0.4) is 0 Å². The van der Waals surface area contributed by atoms with Crippen LogP contribution in [-0.2, 0) is 4.79 Å². The molecular weight excluding hydrogens is 260 g/mol. The Kier molecular flexibility index (Phi) is 5.80. The highest BCUT2D eigenvalue weighted by atomic mass is 16.1. The molecule has 1 amide bonds. The molecule has 1 aromatic rings. The van der Waals surface area contributed by atoms with Gasteiger partial charge < -0.3 is 11.1 Å². The molecule has 0 aliphatic heterocycles. The zero-order chi connectivity index (χ0) is 15.2. The summed E-state index contributed by atoms with van der Waals surface area (Å²) in [7, 11) is 0. The highest BCUT2D eigenvalue weighted by Gasteiger charge is 2.28. The molecule has 3 nitrogen and oxygen atoms in total. The summed E-state index contributed by atoms with van der Waals surface area (Å²) in [6.45, 7) is 5.01. The van der Waals surface area contributed by atoms with Crippen molar-refractivity contribution in [2.24, 2.45) is 17.6 Å². The van der Waals surface area contributed by atoms with Crippen molar-refractivity contribution in [1.82, 2.24) is 5.32 Å². The van der Waals surface area contributed by atoms with E-state index >= 15 is 0 Å². The molecular formula is C18H28N2O.